The van der Waals surface area contributed by atoms with Crippen LogP contribution in [0.2, 0.25) is 0 Å². The third kappa shape index (κ3) is 5.17. The van der Waals surface area contributed by atoms with E-state index in [1.54, 1.807) is 13.1 Å². The first-order valence-corrected chi connectivity index (χ1v) is 8.54. The van der Waals surface area contributed by atoms with Crippen LogP contribution >= 0.6 is 24.0 Å². The number of nitrogens with one attached hydrogen (secondary N) is 1. The fraction of sp³-hybridized carbons (Fsp3) is 0.350. The van der Waals surface area contributed by atoms with Gasteiger partial charge in [-0.1, -0.05) is 36.4 Å². The number of ether oxygens (including phenoxy) is 1. The Morgan fingerprint density at radius 2 is 2.08 bits per heavy atom. The van der Waals surface area contributed by atoms with E-state index in [0.29, 0.717) is 13.2 Å². The van der Waals surface area contributed by atoms with Crippen molar-refractivity contribution in [3.05, 3.63) is 71.0 Å². The molecule has 4 nitrogen and oxygen atoms in total. The van der Waals surface area contributed by atoms with Crippen molar-refractivity contribution in [2.24, 2.45) is 4.99 Å². The summed E-state index contributed by atoms with van der Waals surface area (Å²) < 4.78 is 19.3. The first-order chi connectivity index (χ1) is 12.2. The lowest BCUT2D eigenvalue weighted by atomic mass is 10.0. The van der Waals surface area contributed by atoms with Crippen molar-refractivity contribution in [2.75, 3.05) is 26.7 Å². The second kappa shape index (κ2) is 9.87. The molecule has 1 heterocycles. The normalized spacial score (nSPS) is 17.6. The first-order valence-electron chi connectivity index (χ1n) is 8.54. The lowest BCUT2D eigenvalue weighted by Gasteiger charge is -2.35. The molecule has 3 rings (SSSR count). The van der Waals surface area contributed by atoms with Crippen molar-refractivity contribution in [1.29, 1.82) is 0 Å². The van der Waals surface area contributed by atoms with Gasteiger partial charge in [-0.3, -0.25) is 4.99 Å². The summed E-state index contributed by atoms with van der Waals surface area (Å²) in [6.45, 7) is 4.82. The number of nitrogens with zero attached hydrogens (tertiary/aromatic N) is 2. The summed E-state index contributed by atoms with van der Waals surface area (Å²) in [6, 6.07) is 14.9. The summed E-state index contributed by atoms with van der Waals surface area (Å²) >= 11 is 0. The molecule has 0 amide bonds. The van der Waals surface area contributed by atoms with Crippen LogP contribution in [-0.2, 0) is 11.3 Å². The molecular formula is C20H25FIN3O. The molecule has 1 atom stereocenters. The molecule has 0 aromatic heterocycles. The monoisotopic (exact) mass is 469 g/mol. The number of benzene rings is 2. The summed E-state index contributed by atoms with van der Waals surface area (Å²) in [5, 5.41) is 3.32. The molecular weight excluding hydrogens is 444 g/mol. The summed E-state index contributed by atoms with van der Waals surface area (Å²) in [7, 11) is 1.77. The number of hydrogen-bond donors (Lipinski definition) is 1. The topological polar surface area (TPSA) is 36.9 Å². The lowest BCUT2D eigenvalue weighted by molar-refractivity contribution is -0.00833. The Balaban J connectivity index is 0.00000243. The van der Waals surface area contributed by atoms with Crippen molar-refractivity contribution < 1.29 is 9.13 Å². The molecule has 2 aromatic rings. The maximum absolute atomic E-state index is 13.3. The molecule has 1 fully saturated rings. The Kier molecular flexibility index (Phi) is 7.84. The van der Waals surface area contributed by atoms with E-state index in [4.69, 9.17) is 4.74 Å². The maximum Gasteiger partial charge on any atom is 0.194 e. The van der Waals surface area contributed by atoms with E-state index in [9.17, 15) is 4.39 Å². The number of aryl methyl sites for hydroxylation is 1. The molecule has 1 aliphatic heterocycles. The molecule has 1 saturated heterocycles. The largest absolute Gasteiger partial charge is 0.370 e. The van der Waals surface area contributed by atoms with Crippen LogP contribution in [0.15, 0.2) is 53.5 Å². The van der Waals surface area contributed by atoms with Crippen molar-refractivity contribution in [3.63, 3.8) is 0 Å². The number of halogens is 2. The fourth-order valence-corrected chi connectivity index (χ4v) is 3.14. The molecule has 1 unspecified atom stereocenters. The van der Waals surface area contributed by atoms with E-state index >= 15 is 0 Å². The average molecular weight is 469 g/mol. The van der Waals surface area contributed by atoms with Gasteiger partial charge in [-0.15, -0.1) is 24.0 Å². The number of morpholine rings is 1. The Bertz CT molecular complexity index is 753. The summed E-state index contributed by atoms with van der Waals surface area (Å²) in [4.78, 5) is 6.58. The van der Waals surface area contributed by atoms with Gasteiger partial charge in [-0.05, 0) is 35.7 Å². The zero-order valence-corrected chi connectivity index (χ0v) is 17.4. The van der Waals surface area contributed by atoms with Gasteiger partial charge in [-0.25, -0.2) is 4.39 Å². The predicted molar refractivity (Wildman–Crippen MR) is 113 cm³/mol. The second-order valence-corrected chi connectivity index (χ2v) is 6.19. The Morgan fingerprint density at radius 3 is 2.81 bits per heavy atom. The third-order valence-corrected chi connectivity index (χ3v) is 4.45. The smallest absolute Gasteiger partial charge is 0.194 e. The van der Waals surface area contributed by atoms with Gasteiger partial charge < -0.3 is 15.0 Å². The SMILES string of the molecule is CN=C(NCc1cccc(F)c1)N1CCOC(c2ccccc2C)C1.I. The quantitative estimate of drug-likeness (QED) is 0.421. The highest BCUT2D eigenvalue weighted by atomic mass is 127. The van der Waals surface area contributed by atoms with Crippen molar-refractivity contribution in [1.82, 2.24) is 10.2 Å². The zero-order chi connectivity index (χ0) is 17.6. The third-order valence-electron chi connectivity index (χ3n) is 4.45. The van der Waals surface area contributed by atoms with Crippen molar-refractivity contribution in [2.45, 2.75) is 19.6 Å². The van der Waals surface area contributed by atoms with E-state index in [1.807, 2.05) is 18.2 Å². The molecule has 0 radical (unpaired) electrons. The van der Waals surface area contributed by atoms with Crippen LogP contribution in [0.5, 0.6) is 0 Å². The molecule has 2 aromatic carbocycles. The van der Waals surface area contributed by atoms with Crippen molar-refractivity contribution >= 4 is 29.9 Å². The minimum absolute atomic E-state index is 0. The van der Waals surface area contributed by atoms with Gasteiger partial charge in [-0.2, -0.15) is 0 Å². The van der Waals surface area contributed by atoms with Gasteiger partial charge in [0.05, 0.1) is 13.2 Å². The van der Waals surface area contributed by atoms with E-state index in [-0.39, 0.29) is 35.9 Å². The van der Waals surface area contributed by atoms with E-state index in [2.05, 4.69) is 34.3 Å². The number of guanidine groups is 1. The van der Waals surface area contributed by atoms with E-state index in [0.717, 1.165) is 24.6 Å². The van der Waals surface area contributed by atoms with Gasteiger partial charge >= 0.3 is 0 Å². The van der Waals surface area contributed by atoms with Gasteiger partial charge in [0.15, 0.2) is 5.96 Å². The predicted octanol–water partition coefficient (Wildman–Crippen LogP) is 3.90. The number of hydrogen-bond acceptors (Lipinski definition) is 2. The molecule has 0 bridgehead atoms. The highest BCUT2D eigenvalue weighted by Gasteiger charge is 2.25. The van der Waals surface area contributed by atoms with Gasteiger partial charge in [0.1, 0.15) is 11.9 Å². The molecule has 26 heavy (non-hydrogen) atoms. The average Bonchev–Trinajstić information content (AvgIpc) is 2.63. The van der Waals surface area contributed by atoms with Gasteiger partial charge in [0.25, 0.3) is 0 Å². The van der Waals surface area contributed by atoms with E-state index in [1.165, 1.54) is 23.3 Å². The molecule has 6 heteroatoms. The Morgan fingerprint density at radius 1 is 1.27 bits per heavy atom. The molecule has 0 saturated carbocycles. The van der Waals surface area contributed by atoms with Crippen LogP contribution in [0.3, 0.4) is 0 Å². The number of aliphatic imine (C=N–C) groups is 1. The first kappa shape index (κ1) is 20.6. The van der Waals surface area contributed by atoms with Gasteiger partial charge in [0, 0.05) is 20.1 Å². The highest BCUT2D eigenvalue weighted by Crippen LogP contribution is 2.25. The molecule has 0 spiro atoms. The standard InChI is InChI=1S/C20H24FN3O.HI/c1-15-6-3-4-9-18(15)19-14-24(10-11-25-19)20(22-2)23-13-16-7-5-8-17(21)12-16;/h3-9,12,19H,10-11,13-14H2,1-2H3,(H,22,23);1H. The summed E-state index contributed by atoms with van der Waals surface area (Å²) in [5.74, 6) is 0.589. The molecule has 1 N–H and O–H groups in total. The Hall–Kier alpha value is -1.67. The van der Waals surface area contributed by atoms with Gasteiger partial charge in [0.2, 0.25) is 0 Å². The highest BCUT2D eigenvalue weighted by molar-refractivity contribution is 14.0. The maximum atomic E-state index is 13.3. The fourth-order valence-electron chi connectivity index (χ4n) is 3.14. The molecule has 140 valence electrons. The van der Waals surface area contributed by atoms with E-state index < -0.39 is 0 Å². The zero-order valence-electron chi connectivity index (χ0n) is 15.1. The van der Waals surface area contributed by atoms with Crippen LogP contribution in [0, 0.1) is 12.7 Å². The minimum Gasteiger partial charge on any atom is -0.370 e. The molecule has 1 aliphatic rings. The minimum atomic E-state index is -0.222. The van der Waals surface area contributed by atoms with Crippen LogP contribution in [0.4, 0.5) is 4.39 Å². The van der Waals surface area contributed by atoms with Crippen LogP contribution in [0.25, 0.3) is 0 Å². The lowest BCUT2D eigenvalue weighted by Crippen LogP contribution is -2.48. The summed E-state index contributed by atoms with van der Waals surface area (Å²) in [6.07, 6.45) is 0.0302. The van der Waals surface area contributed by atoms with Crippen LogP contribution < -0.4 is 5.32 Å². The second-order valence-electron chi connectivity index (χ2n) is 6.19. The van der Waals surface area contributed by atoms with Crippen LogP contribution in [-0.4, -0.2) is 37.6 Å². The number of rotatable bonds is 3. The molecule has 0 aliphatic carbocycles. The van der Waals surface area contributed by atoms with Crippen LogP contribution in [0.1, 0.15) is 22.8 Å². The Labute approximate surface area is 171 Å². The summed E-state index contributed by atoms with van der Waals surface area (Å²) in [5.41, 5.74) is 3.34. The van der Waals surface area contributed by atoms with Crippen molar-refractivity contribution in [3.8, 4) is 0 Å².